The second kappa shape index (κ2) is 8.22. The van der Waals surface area contributed by atoms with E-state index in [-0.39, 0.29) is 17.9 Å². The van der Waals surface area contributed by atoms with Crippen molar-refractivity contribution in [3.8, 4) is 5.75 Å². The zero-order valence-corrected chi connectivity index (χ0v) is 16.4. The molecule has 2 aromatic rings. The Morgan fingerprint density at radius 3 is 2.30 bits per heavy atom. The number of aromatic nitrogens is 2. The summed E-state index contributed by atoms with van der Waals surface area (Å²) >= 11 is 0. The molecule has 0 amide bonds. The van der Waals surface area contributed by atoms with E-state index in [1.54, 1.807) is 11.9 Å². The van der Waals surface area contributed by atoms with E-state index in [1.807, 2.05) is 26.0 Å². The van der Waals surface area contributed by atoms with Crippen molar-refractivity contribution in [3.63, 3.8) is 0 Å². The molecule has 0 saturated heterocycles. The quantitative estimate of drug-likeness (QED) is 0.708. The fourth-order valence-corrected chi connectivity index (χ4v) is 2.86. The number of ketones is 1. The summed E-state index contributed by atoms with van der Waals surface area (Å²) in [6, 6.07) is 5.97. The maximum Gasteiger partial charge on any atom is 0.332 e. The molecule has 8 nitrogen and oxygen atoms in total. The number of ether oxygens (including phenoxy) is 1. The largest absolute Gasteiger partial charge is 0.492 e. The zero-order valence-electron chi connectivity index (χ0n) is 16.4. The number of nitrogens with two attached hydrogens (primary N) is 1. The summed E-state index contributed by atoms with van der Waals surface area (Å²) in [6.07, 6.45) is 0. The van der Waals surface area contributed by atoms with Gasteiger partial charge in [0.25, 0.3) is 5.56 Å². The smallest absolute Gasteiger partial charge is 0.332 e. The molecule has 1 heterocycles. The van der Waals surface area contributed by atoms with Gasteiger partial charge in [-0.25, -0.2) is 4.79 Å². The lowest BCUT2D eigenvalue weighted by atomic mass is 10.1. The van der Waals surface area contributed by atoms with Crippen molar-refractivity contribution in [1.29, 1.82) is 0 Å². The summed E-state index contributed by atoms with van der Waals surface area (Å²) in [4.78, 5) is 38.4. The highest BCUT2D eigenvalue weighted by molar-refractivity contribution is 6.01. The molecular formula is C19H26N4O4. The molecule has 0 unspecified atom stereocenters. The van der Waals surface area contributed by atoms with Crippen molar-refractivity contribution in [2.24, 2.45) is 14.1 Å². The molecule has 146 valence electrons. The maximum atomic E-state index is 12.5. The van der Waals surface area contributed by atoms with Gasteiger partial charge < -0.3 is 10.5 Å². The number of anilines is 1. The van der Waals surface area contributed by atoms with Gasteiger partial charge in [-0.1, -0.05) is 6.07 Å². The van der Waals surface area contributed by atoms with Gasteiger partial charge in [0, 0.05) is 20.6 Å². The average molecular weight is 374 g/mol. The number of Topliss-reactive ketones (excluding diaryl/α,β-unsaturated/α-hetero) is 1. The number of rotatable bonds is 7. The molecule has 27 heavy (non-hydrogen) atoms. The molecule has 1 aromatic carbocycles. The van der Waals surface area contributed by atoms with Crippen LogP contribution in [0.15, 0.2) is 27.8 Å². The van der Waals surface area contributed by atoms with Gasteiger partial charge in [0.15, 0.2) is 5.78 Å². The van der Waals surface area contributed by atoms with E-state index in [0.717, 1.165) is 26.0 Å². The van der Waals surface area contributed by atoms with Crippen LogP contribution in [0.5, 0.6) is 5.75 Å². The lowest BCUT2D eigenvalue weighted by molar-refractivity contribution is 0.0936. The van der Waals surface area contributed by atoms with E-state index < -0.39 is 17.0 Å². The second-order valence-electron chi connectivity index (χ2n) is 6.80. The average Bonchev–Trinajstić information content (AvgIpc) is 2.57. The van der Waals surface area contributed by atoms with Crippen LogP contribution in [0.1, 0.15) is 21.5 Å². The second-order valence-corrected chi connectivity index (χ2v) is 6.80. The van der Waals surface area contributed by atoms with Crippen LogP contribution >= 0.6 is 0 Å². The number of carbonyl (C=O) groups is 1. The van der Waals surface area contributed by atoms with Gasteiger partial charge in [-0.15, -0.1) is 0 Å². The van der Waals surface area contributed by atoms with Crippen LogP contribution in [0.25, 0.3) is 0 Å². The third kappa shape index (κ3) is 4.65. The molecule has 2 N–H and O–H groups in total. The Bertz CT molecular complexity index is 955. The number of hydrogen-bond acceptors (Lipinski definition) is 6. The van der Waals surface area contributed by atoms with Crippen LogP contribution < -0.4 is 21.7 Å². The van der Waals surface area contributed by atoms with E-state index >= 15 is 0 Å². The van der Waals surface area contributed by atoms with E-state index in [0.29, 0.717) is 13.2 Å². The third-order valence-electron chi connectivity index (χ3n) is 4.34. The minimum absolute atomic E-state index is 0.00610. The summed E-state index contributed by atoms with van der Waals surface area (Å²) in [6.45, 7) is 4.89. The van der Waals surface area contributed by atoms with Crippen molar-refractivity contribution in [1.82, 2.24) is 14.0 Å². The highest BCUT2D eigenvalue weighted by atomic mass is 16.5. The summed E-state index contributed by atoms with van der Waals surface area (Å²) < 4.78 is 7.71. The van der Waals surface area contributed by atoms with Crippen LogP contribution in [-0.2, 0) is 14.1 Å². The predicted octanol–water partition coefficient (Wildman–Crippen LogP) is 0.477. The molecule has 2 rings (SSSR count). The van der Waals surface area contributed by atoms with E-state index in [4.69, 9.17) is 10.5 Å². The van der Waals surface area contributed by atoms with E-state index in [1.165, 1.54) is 14.1 Å². The van der Waals surface area contributed by atoms with E-state index in [2.05, 4.69) is 6.07 Å². The van der Waals surface area contributed by atoms with Crippen LogP contribution in [0.3, 0.4) is 0 Å². The van der Waals surface area contributed by atoms with Crippen molar-refractivity contribution < 1.29 is 9.53 Å². The number of nitrogen functional groups attached to an aromatic ring is 1. The van der Waals surface area contributed by atoms with Gasteiger partial charge in [-0.2, -0.15) is 0 Å². The SMILES string of the molecule is Cc1cc(C)cc(OCCN(C)CC(=O)c2c(N)n(C)c(=O)n(C)c2=O)c1. The Kier molecular flexibility index (Phi) is 6.22. The van der Waals surface area contributed by atoms with Gasteiger partial charge in [0.05, 0.1) is 6.54 Å². The molecule has 0 atom stereocenters. The summed E-state index contributed by atoms with van der Waals surface area (Å²) in [5, 5.41) is 0. The van der Waals surface area contributed by atoms with Crippen molar-refractivity contribution >= 4 is 11.6 Å². The van der Waals surface area contributed by atoms with Crippen LogP contribution in [0, 0.1) is 13.8 Å². The Labute approximate surface area is 157 Å². The number of likely N-dealkylation sites (N-methyl/N-ethyl adjacent to an activating group) is 1. The van der Waals surface area contributed by atoms with Gasteiger partial charge in [0.2, 0.25) is 0 Å². The predicted molar refractivity (Wildman–Crippen MR) is 105 cm³/mol. The molecule has 8 heteroatoms. The molecule has 1 aromatic heterocycles. The van der Waals surface area contributed by atoms with Crippen LogP contribution in [0.4, 0.5) is 5.82 Å². The minimum Gasteiger partial charge on any atom is -0.492 e. The first-order chi connectivity index (χ1) is 12.6. The van der Waals surface area contributed by atoms with Crippen molar-refractivity contribution in [2.75, 3.05) is 32.5 Å². The maximum absolute atomic E-state index is 12.5. The fraction of sp³-hybridized carbons (Fsp3) is 0.421. The van der Waals surface area contributed by atoms with Crippen LogP contribution in [0.2, 0.25) is 0 Å². The number of nitrogens with zero attached hydrogens (tertiary/aromatic N) is 3. The highest BCUT2D eigenvalue weighted by Gasteiger charge is 2.21. The lowest BCUT2D eigenvalue weighted by Crippen LogP contribution is -2.43. The number of hydrogen-bond donors (Lipinski definition) is 1. The van der Waals surface area contributed by atoms with Gasteiger partial charge in [0.1, 0.15) is 23.7 Å². The standard InChI is InChI=1S/C19H26N4O4/c1-12-8-13(2)10-14(9-12)27-7-6-21(3)11-15(24)16-17(20)22(4)19(26)23(5)18(16)25/h8-10H,6-7,11,20H2,1-5H3. The lowest BCUT2D eigenvalue weighted by Gasteiger charge is -2.17. The monoisotopic (exact) mass is 374 g/mol. The summed E-state index contributed by atoms with van der Waals surface area (Å²) in [7, 11) is 4.50. The first kappa shape index (κ1) is 20.4. The highest BCUT2D eigenvalue weighted by Crippen LogP contribution is 2.16. The molecule has 0 saturated carbocycles. The van der Waals surface area contributed by atoms with E-state index in [9.17, 15) is 14.4 Å². The van der Waals surface area contributed by atoms with Gasteiger partial charge in [-0.3, -0.25) is 23.6 Å². The Morgan fingerprint density at radius 2 is 1.70 bits per heavy atom. The molecule has 0 radical (unpaired) electrons. The Morgan fingerprint density at radius 1 is 1.11 bits per heavy atom. The van der Waals surface area contributed by atoms with Gasteiger partial charge >= 0.3 is 5.69 Å². The summed E-state index contributed by atoms with van der Waals surface area (Å²) in [5.41, 5.74) is 6.65. The molecule has 0 aliphatic rings. The normalized spacial score (nSPS) is 11.0. The molecule has 0 spiro atoms. The first-order valence-corrected chi connectivity index (χ1v) is 8.60. The number of aryl methyl sites for hydroxylation is 2. The Balaban J connectivity index is 2.02. The van der Waals surface area contributed by atoms with Gasteiger partial charge in [-0.05, 0) is 44.2 Å². The summed E-state index contributed by atoms with van der Waals surface area (Å²) in [5.74, 6) is 0.231. The van der Waals surface area contributed by atoms with Crippen LogP contribution in [-0.4, -0.2) is 46.6 Å². The first-order valence-electron chi connectivity index (χ1n) is 8.60. The zero-order chi connectivity index (χ0) is 20.3. The third-order valence-corrected chi connectivity index (χ3v) is 4.34. The van der Waals surface area contributed by atoms with Crippen molar-refractivity contribution in [3.05, 3.63) is 55.7 Å². The Hall–Kier alpha value is -2.87. The topological polar surface area (TPSA) is 99.6 Å². The number of carbonyl (C=O) groups excluding carboxylic acids is 1. The van der Waals surface area contributed by atoms with Crippen molar-refractivity contribution in [2.45, 2.75) is 13.8 Å². The fourth-order valence-electron chi connectivity index (χ4n) is 2.86. The molecule has 0 bridgehead atoms. The number of benzene rings is 1. The molecule has 0 aliphatic carbocycles. The molecule has 0 aliphatic heterocycles. The molecule has 0 fully saturated rings. The molecular weight excluding hydrogens is 348 g/mol. The minimum atomic E-state index is -0.680.